The first-order valence-corrected chi connectivity index (χ1v) is 9.91. The molecular formula is C22H29N5O2. The van der Waals surface area contributed by atoms with Crippen LogP contribution in [0.3, 0.4) is 0 Å². The maximum absolute atomic E-state index is 12.6. The number of amides is 1. The second-order valence-electron chi connectivity index (χ2n) is 7.12. The number of carbonyl (C=O) groups excluding carboxylic acids is 1. The van der Waals surface area contributed by atoms with Crippen LogP contribution < -0.4 is 15.4 Å². The van der Waals surface area contributed by atoms with Crippen molar-refractivity contribution in [2.75, 3.05) is 19.0 Å². The highest BCUT2D eigenvalue weighted by atomic mass is 16.5. The first-order chi connectivity index (χ1) is 14.0. The van der Waals surface area contributed by atoms with Crippen LogP contribution in [-0.2, 0) is 24.8 Å². The number of hydrogen-bond acceptors (Lipinski definition) is 5. The summed E-state index contributed by atoms with van der Waals surface area (Å²) in [6.07, 6.45) is 0.993. The lowest BCUT2D eigenvalue weighted by Crippen LogP contribution is -2.17. The number of aromatic nitrogens is 3. The van der Waals surface area contributed by atoms with E-state index in [1.54, 1.807) is 11.8 Å². The SMILES string of the molecule is CCNCc1ccccc1NC(=O)CCc1c(C)nc2c(c(OC)nn2C)c1C. The van der Waals surface area contributed by atoms with E-state index in [4.69, 9.17) is 9.72 Å². The Labute approximate surface area is 171 Å². The molecule has 0 saturated carbocycles. The minimum atomic E-state index is -0.00834. The lowest BCUT2D eigenvalue weighted by atomic mass is 10.00. The molecule has 0 bridgehead atoms. The highest BCUT2D eigenvalue weighted by Gasteiger charge is 2.18. The fraction of sp³-hybridized carbons (Fsp3) is 0.409. The average Bonchev–Trinajstić information content (AvgIpc) is 3.03. The van der Waals surface area contributed by atoms with Gasteiger partial charge in [0.2, 0.25) is 11.8 Å². The highest BCUT2D eigenvalue weighted by molar-refractivity contribution is 5.92. The summed E-state index contributed by atoms with van der Waals surface area (Å²) in [6.45, 7) is 7.69. The van der Waals surface area contributed by atoms with Gasteiger partial charge in [0.15, 0.2) is 5.65 Å². The molecule has 0 unspecified atom stereocenters. The van der Waals surface area contributed by atoms with Gasteiger partial charge in [0, 0.05) is 31.4 Å². The van der Waals surface area contributed by atoms with E-state index in [-0.39, 0.29) is 5.91 Å². The van der Waals surface area contributed by atoms with Crippen LogP contribution in [0, 0.1) is 13.8 Å². The van der Waals surface area contributed by atoms with E-state index in [0.29, 0.717) is 18.7 Å². The number of anilines is 1. The van der Waals surface area contributed by atoms with Crippen LogP contribution >= 0.6 is 0 Å². The fourth-order valence-electron chi connectivity index (χ4n) is 3.61. The number of aryl methyl sites for hydroxylation is 3. The van der Waals surface area contributed by atoms with Crippen molar-refractivity contribution >= 4 is 22.6 Å². The van der Waals surface area contributed by atoms with E-state index >= 15 is 0 Å². The molecule has 3 rings (SSSR count). The number of nitrogens with one attached hydrogen (secondary N) is 2. The molecule has 0 aliphatic carbocycles. The van der Waals surface area contributed by atoms with Crippen LogP contribution in [0.2, 0.25) is 0 Å². The molecule has 0 aliphatic heterocycles. The lowest BCUT2D eigenvalue weighted by molar-refractivity contribution is -0.116. The second-order valence-corrected chi connectivity index (χ2v) is 7.12. The Bertz CT molecular complexity index is 1030. The van der Waals surface area contributed by atoms with Crippen molar-refractivity contribution in [1.29, 1.82) is 0 Å². The Morgan fingerprint density at radius 3 is 2.72 bits per heavy atom. The molecule has 2 aromatic heterocycles. The van der Waals surface area contributed by atoms with Crippen molar-refractivity contribution in [3.05, 3.63) is 46.6 Å². The second kappa shape index (κ2) is 9.05. The topological polar surface area (TPSA) is 81.1 Å². The summed E-state index contributed by atoms with van der Waals surface area (Å²) in [5, 5.41) is 11.6. The zero-order chi connectivity index (χ0) is 21.0. The summed E-state index contributed by atoms with van der Waals surface area (Å²) in [5.41, 5.74) is 5.79. The maximum Gasteiger partial charge on any atom is 0.242 e. The maximum atomic E-state index is 12.6. The van der Waals surface area contributed by atoms with Crippen molar-refractivity contribution in [2.45, 2.75) is 40.2 Å². The molecule has 0 aliphatic rings. The number of rotatable bonds is 8. The van der Waals surface area contributed by atoms with Crippen molar-refractivity contribution in [1.82, 2.24) is 20.1 Å². The summed E-state index contributed by atoms with van der Waals surface area (Å²) in [5.74, 6) is 0.557. The average molecular weight is 396 g/mol. The molecule has 0 fully saturated rings. The fourth-order valence-corrected chi connectivity index (χ4v) is 3.61. The van der Waals surface area contributed by atoms with Gasteiger partial charge in [-0.2, -0.15) is 0 Å². The number of fused-ring (bicyclic) bond motifs is 1. The summed E-state index contributed by atoms with van der Waals surface area (Å²) in [7, 11) is 3.47. The minimum Gasteiger partial charge on any atom is -0.479 e. The Kier molecular flexibility index (Phi) is 6.49. The Hall–Kier alpha value is -2.93. The van der Waals surface area contributed by atoms with Crippen molar-refractivity contribution in [3.63, 3.8) is 0 Å². The van der Waals surface area contributed by atoms with Crippen LogP contribution in [0.15, 0.2) is 24.3 Å². The molecule has 29 heavy (non-hydrogen) atoms. The van der Waals surface area contributed by atoms with E-state index in [1.807, 2.05) is 45.2 Å². The molecule has 154 valence electrons. The third-order valence-corrected chi connectivity index (χ3v) is 5.18. The van der Waals surface area contributed by atoms with Gasteiger partial charge in [0.25, 0.3) is 0 Å². The van der Waals surface area contributed by atoms with E-state index < -0.39 is 0 Å². The molecule has 0 atom stereocenters. The molecule has 0 spiro atoms. The van der Waals surface area contributed by atoms with Gasteiger partial charge in [-0.15, -0.1) is 5.10 Å². The van der Waals surface area contributed by atoms with Gasteiger partial charge in [0.1, 0.15) is 0 Å². The summed E-state index contributed by atoms with van der Waals surface area (Å²) >= 11 is 0. The Morgan fingerprint density at radius 2 is 2.00 bits per heavy atom. The van der Waals surface area contributed by atoms with E-state index in [9.17, 15) is 4.79 Å². The Morgan fingerprint density at radius 1 is 1.24 bits per heavy atom. The van der Waals surface area contributed by atoms with Gasteiger partial charge in [-0.3, -0.25) is 4.79 Å². The minimum absolute atomic E-state index is 0.00834. The monoisotopic (exact) mass is 395 g/mol. The molecular weight excluding hydrogens is 366 g/mol. The van der Waals surface area contributed by atoms with E-state index in [0.717, 1.165) is 52.2 Å². The first-order valence-electron chi connectivity index (χ1n) is 9.91. The number of nitrogens with zero attached hydrogens (tertiary/aromatic N) is 3. The molecule has 2 heterocycles. The van der Waals surface area contributed by atoms with Crippen molar-refractivity contribution in [3.8, 4) is 5.88 Å². The van der Waals surface area contributed by atoms with Crippen molar-refractivity contribution in [2.24, 2.45) is 7.05 Å². The lowest BCUT2D eigenvalue weighted by Gasteiger charge is -2.13. The third kappa shape index (κ3) is 4.40. The van der Waals surface area contributed by atoms with Crippen LogP contribution in [0.4, 0.5) is 5.69 Å². The zero-order valence-corrected chi connectivity index (χ0v) is 17.8. The normalized spacial score (nSPS) is 11.1. The predicted molar refractivity (Wildman–Crippen MR) is 115 cm³/mol. The summed E-state index contributed by atoms with van der Waals surface area (Å²) in [6, 6.07) is 7.89. The van der Waals surface area contributed by atoms with Crippen LogP contribution in [0.1, 0.15) is 35.7 Å². The quantitative estimate of drug-likeness (QED) is 0.612. The highest BCUT2D eigenvalue weighted by Crippen LogP contribution is 2.30. The van der Waals surface area contributed by atoms with Crippen molar-refractivity contribution < 1.29 is 9.53 Å². The number of pyridine rings is 1. The molecule has 2 N–H and O–H groups in total. The number of para-hydroxylation sites is 1. The number of methoxy groups -OCH3 is 1. The van der Waals surface area contributed by atoms with Gasteiger partial charge >= 0.3 is 0 Å². The van der Waals surface area contributed by atoms with E-state index in [1.165, 1.54) is 0 Å². The third-order valence-electron chi connectivity index (χ3n) is 5.18. The van der Waals surface area contributed by atoms with E-state index in [2.05, 4.69) is 22.7 Å². The Balaban J connectivity index is 1.76. The van der Waals surface area contributed by atoms with Gasteiger partial charge in [-0.25, -0.2) is 9.67 Å². The summed E-state index contributed by atoms with van der Waals surface area (Å²) in [4.78, 5) is 17.3. The smallest absolute Gasteiger partial charge is 0.242 e. The van der Waals surface area contributed by atoms with Crippen LogP contribution in [-0.4, -0.2) is 34.3 Å². The van der Waals surface area contributed by atoms with Gasteiger partial charge < -0.3 is 15.4 Å². The molecule has 3 aromatic rings. The molecule has 0 radical (unpaired) electrons. The number of benzene rings is 1. The van der Waals surface area contributed by atoms with Gasteiger partial charge in [-0.05, 0) is 49.6 Å². The first kappa shape index (κ1) is 20.8. The molecule has 0 saturated heterocycles. The summed E-state index contributed by atoms with van der Waals surface area (Å²) < 4.78 is 7.14. The zero-order valence-electron chi connectivity index (χ0n) is 17.8. The van der Waals surface area contributed by atoms with Crippen LogP contribution in [0.25, 0.3) is 11.0 Å². The molecule has 7 heteroatoms. The number of hydrogen-bond donors (Lipinski definition) is 2. The molecule has 1 aromatic carbocycles. The van der Waals surface area contributed by atoms with Gasteiger partial charge in [0.05, 0.1) is 12.5 Å². The van der Waals surface area contributed by atoms with Gasteiger partial charge in [-0.1, -0.05) is 25.1 Å². The largest absolute Gasteiger partial charge is 0.479 e. The predicted octanol–water partition coefficient (Wildman–Crippen LogP) is 3.27. The molecule has 1 amide bonds. The standard InChI is InChI=1S/C22H29N5O2/c1-6-23-13-16-9-7-8-10-18(16)25-19(28)12-11-17-14(2)20-21(24-15(17)3)27(4)26-22(20)29-5/h7-10,23H,6,11-13H2,1-5H3,(H,25,28). The van der Waals surface area contributed by atoms with Crippen LogP contribution in [0.5, 0.6) is 5.88 Å². The number of carbonyl (C=O) groups is 1. The molecule has 7 nitrogen and oxygen atoms in total. The number of ether oxygens (including phenoxy) is 1.